The van der Waals surface area contributed by atoms with Gasteiger partial charge >= 0.3 is 0 Å². The highest BCUT2D eigenvalue weighted by Gasteiger charge is 2.23. The zero-order valence-corrected chi connectivity index (χ0v) is 12.7. The number of benzene rings is 1. The second-order valence-corrected chi connectivity index (χ2v) is 5.53. The molecule has 21 heavy (non-hydrogen) atoms. The van der Waals surface area contributed by atoms with Gasteiger partial charge in [0.2, 0.25) is 11.8 Å². The highest BCUT2D eigenvalue weighted by molar-refractivity contribution is 5.97. The number of amides is 2. The second kappa shape index (κ2) is 6.72. The van der Waals surface area contributed by atoms with Crippen LogP contribution in [0.4, 0.5) is 11.4 Å². The van der Waals surface area contributed by atoms with Crippen LogP contribution in [0.2, 0.25) is 0 Å². The van der Waals surface area contributed by atoms with E-state index in [1.165, 1.54) is 0 Å². The summed E-state index contributed by atoms with van der Waals surface area (Å²) < 4.78 is 0. The topological polar surface area (TPSA) is 75.4 Å². The molecule has 1 aliphatic heterocycles. The van der Waals surface area contributed by atoms with Crippen LogP contribution < -0.4 is 16.0 Å². The Hall–Kier alpha value is -1.88. The number of hydrogen-bond donors (Lipinski definition) is 2. The minimum absolute atomic E-state index is 0.166. The zero-order valence-electron chi connectivity index (χ0n) is 12.7. The van der Waals surface area contributed by atoms with Gasteiger partial charge in [-0.05, 0) is 43.5 Å². The van der Waals surface area contributed by atoms with Gasteiger partial charge in [-0.15, -0.1) is 0 Å². The quantitative estimate of drug-likeness (QED) is 0.872. The Labute approximate surface area is 125 Å². The molecule has 0 bridgehead atoms. The Balaban J connectivity index is 2.08. The fourth-order valence-electron chi connectivity index (χ4n) is 2.62. The van der Waals surface area contributed by atoms with Crippen molar-refractivity contribution in [3.05, 3.63) is 23.8 Å². The summed E-state index contributed by atoms with van der Waals surface area (Å²) in [5, 5.41) is 2.83. The Morgan fingerprint density at radius 3 is 2.81 bits per heavy atom. The van der Waals surface area contributed by atoms with Crippen LogP contribution in [-0.2, 0) is 9.59 Å². The summed E-state index contributed by atoms with van der Waals surface area (Å²) in [6.07, 6.45) is 3.07. The number of nitrogens with zero attached hydrogens (tertiary/aromatic N) is 1. The predicted molar refractivity (Wildman–Crippen MR) is 84.3 cm³/mol. The molecule has 1 saturated heterocycles. The zero-order chi connectivity index (χ0) is 15.4. The van der Waals surface area contributed by atoms with Gasteiger partial charge in [-0.2, -0.15) is 0 Å². The van der Waals surface area contributed by atoms with Crippen LogP contribution in [0.15, 0.2) is 18.2 Å². The van der Waals surface area contributed by atoms with Crippen LogP contribution in [-0.4, -0.2) is 24.4 Å². The highest BCUT2D eigenvalue weighted by Crippen LogP contribution is 2.27. The molecule has 114 valence electrons. The minimum Gasteiger partial charge on any atom is -0.325 e. The standard InChI is InChI=1S/C16H23N3O2/c1-3-5-13(17)16(21)18-12-7-8-14(11(2)10-12)19-9-4-6-15(19)20/h7-8,10,13H,3-6,9,17H2,1-2H3,(H,18,21)/t13-/m1/s1. The third kappa shape index (κ3) is 3.61. The second-order valence-electron chi connectivity index (χ2n) is 5.53. The maximum Gasteiger partial charge on any atom is 0.241 e. The maximum atomic E-state index is 11.9. The number of rotatable bonds is 5. The predicted octanol–water partition coefficient (Wildman–Crippen LogP) is 2.19. The monoisotopic (exact) mass is 289 g/mol. The van der Waals surface area contributed by atoms with Crippen LogP contribution in [0.3, 0.4) is 0 Å². The van der Waals surface area contributed by atoms with E-state index in [4.69, 9.17) is 5.73 Å². The number of carbonyl (C=O) groups excluding carboxylic acids is 2. The van der Waals surface area contributed by atoms with Crippen LogP contribution in [0, 0.1) is 6.92 Å². The molecule has 2 amide bonds. The number of hydrogen-bond acceptors (Lipinski definition) is 3. The number of aryl methyl sites for hydroxylation is 1. The molecule has 1 atom stereocenters. The Kier molecular flexibility index (Phi) is 4.96. The van der Waals surface area contributed by atoms with Crippen molar-refractivity contribution in [2.45, 2.75) is 45.6 Å². The lowest BCUT2D eigenvalue weighted by atomic mass is 10.1. The van der Waals surface area contributed by atoms with Crippen LogP contribution in [0.5, 0.6) is 0 Å². The van der Waals surface area contributed by atoms with E-state index in [1.54, 1.807) is 0 Å². The third-order valence-corrected chi connectivity index (χ3v) is 3.76. The van der Waals surface area contributed by atoms with Gasteiger partial charge in [0.1, 0.15) is 0 Å². The largest absolute Gasteiger partial charge is 0.325 e. The molecule has 5 heteroatoms. The van der Waals surface area contributed by atoms with Gasteiger partial charge in [0.15, 0.2) is 0 Å². The first kappa shape index (κ1) is 15.5. The Morgan fingerprint density at radius 1 is 1.48 bits per heavy atom. The summed E-state index contributed by atoms with van der Waals surface area (Å²) in [5.74, 6) is 0.00102. The summed E-state index contributed by atoms with van der Waals surface area (Å²) in [6.45, 7) is 4.72. The summed E-state index contributed by atoms with van der Waals surface area (Å²) >= 11 is 0. The summed E-state index contributed by atoms with van der Waals surface area (Å²) in [6, 6.07) is 5.12. The number of nitrogens with one attached hydrogen (secondary N) is 1. The van der Waals surface area contributed by atoms with E-state index < -0.39 is 6.04 Å². The maximum absolute atomic E-state index is 11.9. The summed E-state index contributed by atoms with van der Waals surface area (Å²) in [4.78, 5) is 25.5. The first-order chi connectivity index (χ1) is 10.0. The fourth-order valence-corrected chi connectivity index (χ4v) is 2.62. The van der Waals surface area contributed by atoms with Gasteiger partial charge in [0.05, 0.1) is 6.04 Å². The van der Waals surface area contributed by atoms with Crippen LogP contribution >= 0.6 is 0 Å². The van der Waals surface area contributed by atoms with E-state index in [9.17, 15) is 9.59 Å². The molecule has 0 unspecified atom stereocenters. The van der Waals surface area contributed by atoms with Gasteiger partial charge in [-0.1, -0.05) is 13.3 Å². The molecular formula is C16H23N3O2. The van der Waals surface area contributed by atoms with Crippen molar-refractivity contribution in [1.29, 1.82) is 0 Å². The molecule has 0 aliphatic carbocycles. The molecule has 5 nitrogen and oxygen atoms in total. The van der Waals surface area contributed by atoms with Gasteiger partial charge in [-0.3, -0.25) is 9.59 Å². The van der Waals surface area contributed by atoms with Gasteiger partial charge in [0.25, 0.3) is 0 Å². The molecule has 3 N–H and O–H groups in total. The van der Waals surface area contributed by atoms with Gasteiger partial charge < -0.3 is 16.0 Å². The smallest absolute Gasteiger partial charge is 0.241 e. The summed E-state index contributed by atoms with van der Waals surface area (Å²) in [5.41, 5.74) is 8.42. The fraction of sp³-hybridized carbons (Fsp3) is 0.500. The summed E-state index contributed by atoms with van der Waals surface area (Å²) in [7, 11) is 0. The minimum atomic E-state index is -0.477. The molecule has 0 spiro atoms. The third-order valence-electron chi connectivity index (χ3n) is 3.76. The first-order valence-corrected chi connectivity index (χ1v) is 7.50. The Bertz CT molecular complexity index is 542. The van der Waals surface area contributed by atoms with E-state index in [2.05, 4.69) is 5.32 Å². The van der Waals surface area contributed by atoms with Crippen molar-refractivity contribution in [1.82, 2.24) is 0 Å². The Morgan fingerprint density at radius 2 is 2.24 bits per heavy atom. The lowest BCUT2D eigenvalue weighted by Crippen LogP contribution is -2.35. The molecule has 0 radical (unpaired) electrons. The van der Waals surface area contributed by atoms with Crippen molar-refractivity contribution in [2.24, 2.45) is 5.73 Å². The van der Waals surface area contributed by atoms with Gasteiger partial charge in [-0.25, -0.2) is 0 Å². The lowest BCUT2D eigenvalue weighted by Gasteiger charge is -2.19. The lowest BCUT2D eigenvalue weighted by molar-refractivity contribution is -0.118. The molecule has 0 aromatic heterocycles. The van der Waals surface area contributed by atoms with Crippen LogP contribution in [0.1, 0.15) is 38.2 Å². The average Bonchev–Trinajstić information content (AvgIpc) is 2.85. The van der Waals surface area contributed by atoms with E-state index in [1.807, 2.05) is 36.9 Å². The molecule has 1 fully saturated rings. The highest BCUT2D eigenvalue weighted by atomic mass is 16.2. The molecule has 0 saturated carbocycles. The molecular weight excluding hydrogens is 266 g/mol. The molecule has 1 heterocycles. The van der Waals surface area contributed by atoms with Crippen molar-refractivity contribution in [3.63, 3.8) is 0 Å². The number of anilines is 2. The average molecular weight is 289 g/mol. The first-order valence-electron chi connectivity index (χ1n) is 7.50. The SMILES string of the molecule is CCC[C@@H](N)C(=O)Nc1ccc(N2CCCC2=O)c(C)c1. The molecule has 1 aromatic rings. The molecule has 1 aliphatic rings. The molecule has 1 aromatic carbocycles. The van der Waals surface area contributed by atoms with Crippen molar-refractivity contribution in [2.75, 3.05) is 16.8 Å². The number of nitrogens with two attached hydrogens (primary N) is 1. The van der Waals surface area contributed by atoms with Crippen molar-refractivity contribution < 1.29 is 9.59 Å². The van der Waals surface area contributed by atoms with E-state index in [0.717, 1.165) is 36.3 Å². The normalized spacial score (nSPS) is 16.1. The van der Waals surface area contributed by atoms with Crippen molar-refractivity contribution in [3.8, 4) is 0 Å². The van der Waals surface area contributed by atoms with E-state index in [-0.39, 0.29) is 11.8 Å². The van der Waals surface area contributed by atoms with E-state index >= 15 is 0 Å². The molecule has 2 rings (SSSR count). The number of carbonyl (C=O) groups is 2. The van der Waals surface area contributed by atoms with Crippen LogP contribution in [0.25, 0.3) is 0 Å². The van der Waals surface area contributed by atoms with Crippen molar-refractivity contribution >= 4 is 23.2 Å². The van der Waals surface area contributed by atoms with E-state index in [0.29, 0.717) is 12.8 Å². The van der Waals surface area contributed by atoms with Gasteiger partial charge in [0, 0.05) is 24.3 Å².